The lowest BCUT2D eigenvalue weighted by Crippen LogP contribution is -2.34. The number of carbonyl (C=O) groups is 1. The van der Waals surface area contributed by atoms with Gasteiger partial charge < -0.3 is 4.90 Å². The van der Waals surface area contributed by atoms with Crippen LogP contribution < -0.4 is 10.9 Å². The number of benzene rings is 2. The first-order chi connectivity index (χ1) is 19.1. The van der Waals surface area contributed by atoms with E-state index in [-0.39, 0.29) is 17.0 Å². The maximum absolute atomic E-state index is 13.6. The molecule has 6 rings (SSSR count). The molecule has 0 spiro atoms. The van der Waals surface area contributed by atoms with E-state index in [9.17, 15) is 9.59 Å². The molecular formula is C30H28N6O2S. The van der Waals surface area contributed by atoms with Crippen LogP contribution in [0.3, 0.4) is 0 Å². The highest BCUT2D eigenvalue weighted by molar-refractivity contribution is 7.13. The molecule has 39 heavy (non-hydrogen) atoms. The van der Waals surface area contributed by atoms with Crippen LogP contribution in [-0.4, -0.2) is 50.5 Å². The first kappa shape index (κ1) is 25.1. The number of fused-ring (bicyclic) bond motifs is 1. The number of nitrogens with zero attached hydrogens (tertiary/aromatic N) is 5. The third-order valence-electron chi connectivity index (χ3n) is 7.36. The van der Waals surface area contributed by atoms with Gasteiger partial charge in [0.1, 0.15) is 6.04 Å². The Morgan fingerprint density at radius 3 is 2.49 bits per heavy atom. The Morgan fingerprint density at radius 1 is 1.00 bits per heavy atom. The van der Waals surface area contributed by atoms with Crippen molar-refractivity contribution < 1.29 is 4.79 Å². The third-order valence-corrected chi connectivity index (χ3v) is 8.05. The molecule has 1 amide bonds. The number of nitrogens with one attached hydrogen (secondary N) is 1. The Morgan fingerprint density at radius 2 is 1.77 bits per heavy atom. The Balaban J connectivity index is 1.31. The molecule has 1 atom stereocenters. The zero-order chi connectivity index (χ0) is 26.8. The van der Waals surface area contributed by atoms with E-state index in [0.29, 0.717) is 22.1 Å². The summed E-state index contributed by atoms with van der Waals surface area (Å²) in [6.07, 6.45) is 7.10. The molecule has 1 saturated heterocycles. The molecule has 1 aliphatic rings. The number of anilines is 1. The molecule has 1 unspecified atom stereocenters. The summed E-state index contributed by atoms with van der Waals surface area (Å²) in [5.41, 5.74) is 4.26. The van der Waals surface area contributed by atoms with E-state index in [2.05, 4.69) is 56.5 Å². The number of aromatic nitrogens is 4. The van der Waals surface area contributed by atoms with Gasteiger partial charge in [-0.3, -0.25) is 19.5 Å². The minimum absolute atomic E-state index is 0.215. The zero-order valence-electron chi connectivity index (χ0n) is 21.5. The number of piperidine rings is 1. The average molecular weight is 537 g/mol. The highest BCUT2D eigenvalue weighted by atomic mass is 32.1. The monoisotopic (exact) mass is 536 g/mol. The molecular weight excluding hydrogens is 508 g/mol. The number of thiazole rings is 1. The molecule has 8 nitrogen and oxygen atoms in total. The summed E-state index contributed by atoms with van der Waals surface area (Å²) in [6.45, 7) is 2.25. The molecule has 9 heteroatoms. The summed E-state index contributed by atoms with van der Waals surface area (Å²) in [5, 5.41) is 5.06. The fraction of sp³-hybridized carbons (Fsp3) is 0.233. The van der Waals surface area contributed by atoms with Gasteiger partial charge in [0.25, 0.3) is 11.5 Å². The standard InChI is InChI=1S/C30H28N6O2S/c1-35-14-11-22(12-15-35)20-7-9-21(10-8-20)24-17-25-26(32-18-24)29(38)36(19-33-25)27(23-5-3-2-4-6-23)28(37)34-30-31-13-16-39-30/h2-10,13,16-19,22,27H,11-12,14-15H2,1H3,(H,31,34,37). The second-order valence-corrected chi connectivity index (χ2v) is 10.8. The predicted molar refractivity (Wildman–Crippen MR) is 154 cm³/mol. The molecule has 1 fully saturated rings. The molecule has 196 valence electrons. The van der Waals surface area contributed by atoms with Gasteiger partial charge in [-0.2, -0.15) is 0 Å². The minimum atomic E-state index is -0.923. The van der Waals surface area contributed by atoms with Crippen LogP contribution in [0.2, 0.25) is 0 Å². The summed E-state index contributed by atoms with van der Waals surface area (Å²) in [5.74, 6) is 0.219. The quantitative estimate of drug-likeness (QED) is 0.330. The van der Waals surface area contributed by atoms with Crippen molar-refractivity contribution >= 4 is 33.4 Å². The van der Waals surface area contributed by atoms with Gasteiger partial charge in [-0.1, -0.05) is 54.6 Å². The SMILES string of the molecule is CN1CCC(c2ccc(-c3cnc4c(=O)n(C(C(=O)Nc5nccs5)c5ccccc5)cnc4c3)cc2)CC1. The summed E-state index contributed by atoms with van der Waals surface area (Å²) < 4.78 is 1.34. The second-order valence-electron chi connectivity index (χ2n) is 9.89. The van der Waals surface area contributed by atoms with Crippen molar-refractivity contribution in [2.24, 2.45) is 0 Å². The fourth-order valence-corrected chi connectivity index (χ4v) is 5.71. The van der Waals surface area contributed by atoms with Gasteiger partial charge in [0.05, 0.1) is 11.8 Å². The summed E-state index contributed by atoms with van der Waals surface area (Å²) in [7, 11) is 2.17. The van der Waals surface area contributed by atoms with Gasteiger partial charge in [-0.05, 0) is 61.7 Å². The van der Waals surface area contributed by atoms with E-state index in [4.69, 9.17) is 0 Å². The molecule has 1 aliphatic heterocycles. The zero-order valence-corrected chi connectivity index (χ0v) is 22.3. The summed E-state index contributed by atoms with van der Waals surface area (Å²) >= 11 is 1.31. The Bertz CT molecular complexity index is 1640. The van der Waals surface area contributed by atoms with Crippen LogP contribution in [0.15, 0.2) is 89.6 Å². The number of carbonyl (C=O) groups excluding carboxylic acids is 1. The van der Waals surface area contributed by atoms with Crippen LogP contribution in [0.4, 0.5) is 5.13 Å². The van der Waals surface area contributed by atoms with Crippen molar-refractivity contribution in [3.8, 4) is 11.1 Å². The van der Waals surface area contributed by atoms with E-state index in [0.717, 1.165) is 24.2 Å². The van der Waals surface area contributed by atoms with Crippen LogP contribution in [0.25, 0.3) is 22.2 Å². The molecule has 0 saturated carbocycles. The maximum Gasteiger partial charge on any atom is 0.280 e. The van der Waals surface area contributed by atoms with E-state index in [1.165, 1.54) is 40.6 Å². The van der Waals surface area contributed by atoms with E-state index in [1.807, 2.05) is 36.4 Å². The number of likely N-dealkylation sites (tertiary alicyclic amines) is 1. The van der Waals surface area contributed by atoms with Gasteiger partial charge in [-0.15, -0.1) is 11.3 Å². The Labute approximate surface area is 230 Å². The van der Waals surface area contributed by atoms with Crippen molar-refractivity contribution in [1.82, 2.24) is 24.4 Å². The Kier molecular flexibility index (Phi) is 7.00. The fourth-order valence-electron chi connectivity index (χ4n) is 5.18. The predicted octanol–water partition coefficient (Wildman–Crippen LogP) is 4.95. The van der Waals surface area contributed by atoms with Crippen molar-refractivity contribution in [2.45, 2.75) is 24.8 Å². The normalized spacial score (nSPS) is 15.3. The largest absolute Gasteiger partial charge is 0.306 e. The number of pyridine rings is 1. The van der Waals surface area contributed by atoms with Crippen LogP contribution in [0.5, 0.6) is 0 Å². The number of rotatable bonds is 6. The second kappa shape index (κ2) is 10.9. The summed E-state index contributed by atoms with van der Waals surface area (Å²) in [6, 6.07) is 18.8. The Hall–Kier alpha value is -4.21. The lowest BCUT2D eigenvalue weighted by Gasteiger charge is -2.29. The van der Waals surface area contributed by atoms with Gasteiger partial charge in [0.15, 0.2) is 10.6 Å². The molecule has 4 heterocycles. The van der Waals surface area contributed by atoms with Crippen molar-refractivity contribution in [3.05, 3.63) is 106 Å². The van der Waals surface area contributed by atoms with Crippen LogP contribution in [-0.2, 0) is 4.79 Å². The molecule has 3 aromatic heterocycles. The number of amides is 1. The lowest BCUT2D eigenvalue weighted by atomic mass is 9.89. The molecule has 2 aromatic carbocycles. The van der Waals surface area contributed by atoms with Gasteiger partial charge >= 0.3 is 0 Å². The number of hydrogen-bond acceptors (Lipinski definition) is 7. The lowest BCUT2D eigenvalue weighted by molar-refractivity contribution is -0.118. The molecule has 0 bridgehead atoms. The van der Waals surface area contributed by atoms with Crippen molar-refractivity contribution in [2.75, 3.05) is 25.5 Å². The molecule has 1 N–H and O–H groups in total. The van der Waals surface area contributed by atoms with Crippen LogP contribution >= 0.6 is 11.3 Å². The smallest absolute Gasteiger partial charge is 0.280 e. The maximum atomic E-state index is 13.6. The van der Waals surface area contributed by atoms with Gasteiger partial charge in [0, 0.05) is 23.3 Å². The van der Waals surface area contributed by atoms with Crippen LogP contribution in [0.1, 0.15) is 35.9 Å². The molecule has 0 radical (unpaired) electrons. The average Bonchev–Trinajstić information content (AvgIpc) is 3.48. The first-order valence-electron chi connectivity index (χ1n) is 13.0. The highest BCUT2D eigenvalue weighted by Crippen LogP contribution is 2.30. The molecule has 5 aromatic rings. The highest BCUT2D eigenvalue weighted by Gasteiger charge is 2.26. The molecule has 0 aliphatic carbocycles. The van der Waals surface area contributed by atoms with Gasteiger partial charge in [0.2, 0.25) is 0 Å². The topological polar surface area (TPSA) is 93.0 Å². The number of hydrogen-bond donors (Lipinski definition) is 1. The summed E-state index contributed by atoms with van der Waals surface area (Å²) in [4.78, 5) is 42.5. The van der Waals surface area contributed by atoms with Crippen molar-refractivity contribution in [3.63, 3.8) is 0 Å². The first-order valence-corrected chi connectivity index (χ1v) is 13.9. The van der Waals surface area contributed by atoms with Gasteiger partial charge in [-0.25, -0.2) is 15.0 Å². The van der Waals surface area contributed by atoms with E-state index < -0.39 is 6.04 Å². The third kappa shape index (κ3) is 5.23. The van der Waals surface area contributed by atoms with E-state index >= 15 is 0 Å². The minimum Gasteiger partial charge on any atom is -0.306 e. The van der Waals surface area contributed by atoms with Crippen LogP contribution in [0, 0.1) is 0 Å². The van der Waals surface area contributed by atoms with Crippen molar-refractivity contribution in [1.29, 1.82) is 0 Å². The van der Waals surface area contributed by atoms with E-state index in [1.54, 1.807) is 17.8 Å².